The fourth-order valence-corrected chi connectivity index (χ4v) is 3.19. The van der Waals surface area contributed by atoms with Crippen LogP contribution in [0, 0.1) is 11.8 Å². The average Bonchev–Trinajstić information content (AvgIpc) is 2.91. The minimum Gasteiger partial charge on any atom is -0.381 e. The molecule has 0 unspecified atom stereocenters. The number of anilines is 2. The smallest absolute Gasteiger partial charge is 0.128 e. The molecule has 2 rings (SSSR count). The standard InChI is InChI=1S/C18H31N3/c1-14(2)11-17(12-15(3)4)20-16-7-8-18(19-13-16)21-9-5-6-10-21/h7-8,13-15,17,20H,5-6,9-12H2,1-4H3. The third kappa shape index (κ3) is 5.22. The molecule has 2 heterocycles. The molecule has 0 aliphatic carbocycles. The second-order valence-electron chi connectivity index (χ2n) is 7.20. The molecule has 118 valence electrons. The predicted molar refractivity (Wildman–Crippen MR) is 92.0 cm³/mol. The zero-order chi connectivity index (χ0) is 15.2. The lowest BCUT2D eigenvalue weighted by Gasteiger charge is -2.24. The Morgan fingerprint density at radius 3 is 2.14 bits per heavy atom. The Hall–Kier alpha value is -1.25. The summed E-state index contributed by atoms with van der Waals surface area (Å²) in [7, 11) is 0. The molecule has 0 bridgehead atoms. The Kier molecular flexibility index (Phi) is 5.89. The second-order valence-corrected chi connectivity index (χ2v) is 7.20. The van der Waals surface area contributed by atoms with Crippen molar-refractivity contribution in [1.82, 2.24) is 4.98 Å². The van der Waals surface area contributed by atoms with E-state index < -0.39 is 0 Å². The lowest BCUT2D eigenvalue weighted by atomic mass is 9.95. The van der Waals surface area contributed by atoms with Gasteiger partial charge >= 0.3 is 0 Å². The number of aromatic nitrogens is 1. The molecule has 1 aromatic heterocycles. The Balaban J connectivity index is 1.95. The molecule has 0 saturated carbocycles. The van der Waals surface area contributed by atoms with Crippen molar-refractivity contribution in [3.05, 3.63) is 18.3 Å². The molecule has 21 heavy (non-hydrogen) atoms. The van der Waals surface area contributed by atoms with Gasteiger partial charge in [0.25, 0.3) is 0 Å². The Labute approximate surface area is 130 Å². The third-order valence-corrected chi connectivity index (χ3v) is 4.06. The number of pyridine rings is 1. The van der Waals surface area contributed by atoms with Crippen LogP contribution in [0.1, 0.15) is 53.4 Å². The molecule has 1 aliphatic rings. The van der Waals surface area contributed by atoms with Gasteiger partial charge < -0.3 is 10.2 Å². The first kappa shape index (κ1) is 16.1. The number of nitrogens with zero attached hydrogens (tertiary/aromatic N) is 2. The topological polar surface area (TPSA) is 28.2 Å². The van der Waals surface area contributed by atoms with Crippen LogP contribution in [0.5, 0.6) is 0 Å². The molecule has 1 N–H and O–H groups in total. The number of hydrogen-bond donors (Lipinski definition) is 1. The van der Waals surface area contributed by atoms with Crippen LogP contribution in [0.15, 0.2) is 18.3 Å². The van der Waals surface area contributed by atoms with Crippen molar-refractivity contribution < 1.29 is 0 Å². The minimum absolute atomic E-state index is 0.546. The van der Waals surface area contributed by atoms with Crippen LogP contribution >= 0.6 is 0 Å². The summed E-state index contributed by atoms with van der Waals surface area (Å²) in [5, 5.41) is 3.68. The van der Waals surface area contributed by atoms with Crippen molar-refractivity contribution >= 4 is 11.5 Å². The van der Waals surface area contributed by atoms with Crippen molar-refractivity contribution in [1.29, 1.82) is 0 Å². The summed E-state index contributed by atoms with van der Waals surface area (Å²) in [6.45, 7) is 11.5. The molecule has 1 fully saturated rings. The molecule has 1 aromatic rings. The lowest BCUT2D eigenvalue weighted by molar-refractivity contribution is 0.442. The molecule has 0 radical (unpaired) electrons. The van der Waals surface area contributed by atoms with E-state index in [1.165, 1.54) is 25.7 Å². The van der Waals surface area contributed by atoms with Crippen LogP contribution in [-0.4, -0.2) is 24.1 Å². The van der Waals surface area contributed by atoms with Gasteiger partial charge in [0.15, 0.2) is 0 Å². The van der Waals surface area contributed by atoms with Crippen LogP contribution in [-0.2, 0) is 0 Å². The highest BCUT2D eigenvalue weighted by Gasteiger charge is 2.15. The van der Waals surface area contributed by atoms with E-state index in [4.69, 9.17) is 0 Å². The maximum atomic E-state index is 4.64. The molecule has 0 spiro atoms. The van der Waals surface area contributed by atoms with Gasteiger partial charge in [0.05, 0.1) is 11.9 Å². The lowest BCUT2D eigenvalue weighted by Crippen LogP contribution is -2.24. The summed E-state index contributed by atoms with van der Waals surface area (Å²) >= 11 is 0. The van der Waals surface area contributed by atoms with Crippen molar-refractivity contribution in [3.63, 3.8) is 0 Å². The normalized spacial score (nSPS) is 15.5. The minimum atomic E-state index is 0.546. The van der Waals surface area contributed by atoms with Gasteiger partial charge in [-0.2, -0.15) is 0 Å². The van der Waals surface area contributed by atoms with Crippen molar-refractivity contribution in [3.8, 4) is 0 Å². The molecule has 0 aromatic carbocycles. The Morgan fingerprint density at radius 2 is 1.67 bits per heavy atom. The third-order valence-electron chi connectivity index (χ3n) is 4.06. The molecule has 1 saturated heterocycles. The first-order chi connectivity index (χ1) is 10.0. The van der Waals surface area contributed by atoms with Crippen LogP contribution < -0.4 is 10.2 Å². The Bertz CT molecular complexity index is 395. The van der Waals surface area contributed by atoms with Gasteiger partial charge in [-0.25, -0.2) is 4.98 Å². The highest BCUT2D eigenvalue weighted by Crippen LogP contribution is 2.22. The largest absolute Gasteiger partial charge is 0.381 e. The zero-order valence-electron chi connectivity index (χ0n) is 14.1. The molecular weight excluding hydrogens is 258 g/mol. The predicted octanol–water partition coefficient (Wildman–Crippen LogP) is 4.55. The molecule has 3 heteroatoms. The monoisotopic (exact) mass is 289 g/mol. The summed E-state index contributed by atoms with van der Waals surface area (Å²) in [6, 6.07) is 4.90. The first-order valence-corrected chi connectivity index (χ1v) is 8.52. The first-order valence-electron chi connectivity index (χ1n) is 8.52. The van der Waals surface area contributed by atoms with Gasteiger partial charge in [0.1, 0.15) is 5.82 Å². The fraction of sp³-hybridized carbons (Fsp3) is 0.722. The van der Waals surface area contributed by atoms with E-state index in [2.05, 4.69) is 55.0 Å². The van der Waals surface area contributed by atoms with Crippen LogP contribution in [0.25, 0.3) is 0 Å². The van der Waals surface area contributed by atoms with Crippen molar-refractivity contribution in [2.24, 2.45) is 11.8 Å². The SMILES string of the molecule is CC(C)CC(CC(C)C)Nc1ccc(N2CCCC2)nc1. The van der Waals surface area contributed by atoms with Gasteiger partial charge in [-0.1, -0.05) is 27.7 Å². The van der Waals surface area contributed by atoms with Gasteiger partial charge in [0, 0.05) is 19.1 Å². The van der Waals surface area contributed by atoms with E-state index in [-0.39, 0.29) is 0 Å². The number of rotatable bonds is 7. The highest BCUT2D eigenvalue weighted by atomic mass is 15.2. The van der Waals surface area contributed by atoms with Crippen LogP contribution in [0.4, 0.5) is 11.5 Å². The maximum Gasteiger partial charge on any atom is 0.128 e. The van der Waals surface area contributed by atoms with Gasteiger partial charge in [0.2, 0.25) is 0 Å². The van der Waals surface area contributed by atoms with E-state index in [1.807, 2.05) is 6.20 Å². The average molecular weight is 289 g/mol. The number of hydrogen-bond acceptors (Lipinski definition) is 3. The fourth-order valence-electron chi connectivity index (χ4n) is 3.19. The summed E-state index contributed by atoms with van der Waals surface area (Å²) in [5.41, 5.74) is 1.16. The molecule has 1 aliphatic heterocycles. The maximum absolute atomic E-state index is 4.64. The molecular formula is C18H31N3. The van der Waals surface area contributed by atoms with Crippen molar-refractivity contribution in [2.75, 3.05) is 23.3 Å². The van der Waals surface area contributed by atoms with E-state index in [0.717, 1.165) is 36.4 Å². The summed E-state index contributed by atoms with van der Waals surface area (Å²) in [6.07, 6.45) is 7.03. The van der Waals surface area contributed by atoms with Crippen molar-refractivity contribution in [2.45, 2.75) is 59.4 Å². The summed E-state index contributed by atoms with van der Waals surface area (Å²) in [5.74, 6) is 2.57. The van der Waals surface area contributed by atoms with E-state index >= 15 is 0 Å². The Morgan fingerprint density at radius 1 is 1.05 bits per heavy atom. The van der Waals surface area contributed by atoms with Crippen LogP contribution in [0.2, 0.25) is 0 Å². The zero-order valence-corrected chi connectivity index (χ0v) is 14.1. The second kappa shape index (κ2) is 7.67. The molecule has 0 amide bonds. The van der Waals surface area contributed by atoms with Gasteiger partial charge in [-0.3, -0.25) is 0 Å². The molecule has 0 atom stereocenters. The quantitative estimate of drug-likeness (QED) is 0.798. The van der Waals surface area contributed by atoms with Crippen LogP contribution in [0.3, 0.4) is 0 Å². The number of nitrogens with one attached hydrogen (secondary N) is 1. The summed E-state index contributed by atoms with van der Waals surface area (Å²) < 4.78 is 0. The van der Waals surface area contributed by atoms with E-state index in [1.54, 1.807) is 0 Å². The van der Waals surface area contributed by atoms with Gasteiger partial charge in [-0.15, -0.1) is 0 Å². The highest BCUT2D eigenvalue weighted by molar-refractivity contribution is 5.49. The van der Waals surface area contributed by atoms with E-state index in [9.17, 15) is 0 Å². The van der Waals surface area contributed by atoms with Gasteiger partial charge in [-0.05, 0) is 49.7 Å². The summed E-state index contributed by atoms with van der Waals surface area (Å²) in [4.78, 5) is 7.01. The molecule has 3 nitrogen and oxygen atoms in total. The van der Waals surface area contributed by atoms with E-state index in [0.29, 0.717) is 6.04 Å².